The van der Waals surface area contributed by atoms with E-state index >= 15 is 0 Å². The van der Waals surface area contributed by atoms with Crippen molar-refractivity contribution >= 4 is 17.5 Å². The Kier molecular flexibility index (Phi) is 11.2. The number of nitrogens with one attached hydrogen (secondary N) is 2. The van der Waals surface area contributed by atoms with E-state index < -0.39 is 12.1 Å². The SMILES string of the molecule is COc1cc2c(c(OC)c1OC)-c1ccc(N[C@H](C(=O)N3CCN(CCc4ccncc4)CC3)C(C)C)c(=O)cc1[C@@H](NC(C)=O)CC2. The number of benzene rings is 1. The zero-order valence-electron chi connectivity index (χ0n) is 28.8. The van der Waals surface area contributed by atoms with E-state index in [1.165, 1.54) is 12.5 Å². The van der Waals surface area contributed by atoms with E-state index in [9.17, 15) is 14.4 Å². The number of piperazine rings is 1. The van der Waals surface area contributed by atoms with Crippen molar-refractivity contribution < 1.29 is 23.8 Å². The molecule has 48 heavy (non-hydrogen) atoms. The zero-order valence-corrected chi connectivity index (χ0v) is 28.8. The standard InChI is InChI=1S/C37H47N5O6/c1-23(2)34(37(45)42-19-17-41(18-20-42)16-13-25-11-14-38-15-12-25)40-30-10-8-27-28(22-31(30)44)29(39-24(3)43)9-7-26-21-32(46-4)35(47-5)36(48-6)33(26)27/h8,10-12,14-15,21-23,29,34H,7,9,13,16-20H2,1-6H3,(H,39,43)(H,40,44)/t29-,34-/m0/s1. The molecule has 11 heteroatoms. The third kappa shape index (κ3) is 7.57. The summed E-state index contributed by atoms with van der Waals surface area (Å²) in [6.07, 6.45) is 5.73. The van der Waals surface area contributed by atoms with Crippen molar-refractivity contribution in [1.29, 1.82) is 0 Å². The quantitative estimate of drug-likeness (QED) is 0.314. The molecule has 0 unspecified atom stereocenters. The lowest BCUT2D eigenvalue weighted by molar-refractivity contribution is -0.134. The van der Waals surface area contributed by atoms with Crippen molar-refractivity contribution in [2.24, 2.45) is 5.92 Å². The lowest BCUT2D eigenvalue weighted by Gasteiger charge is -2.37. The molecule has 0 radical (unpaired) electrons. The van der Waals surface area contributed by atoms with Crippen molar-refractivity contribution in [3.8, 4) is 28.4 Å². The normalized spacial score (nSPS) is 16.6. The van der Waals surface area contributed by atoms with Gasteiger partial charge in [-0.3, -0.25) is 24.3 Å². The zero-order chi connectivity index (χ0) is 34.4. The molecule has 3 aromatic rings. The van der Waals surface area contributed by atoms with Crippen molar-refractivity contribution in [3.05, 3.63) is 75.7 Å². The number of nitrogens with zero attached hydrogens (tertiary/aromatic N) is 3. The van der Waals surface area contributed by atoms with Crippen LogP contribution in [0, 0.1) is 5.92 Å². The second-order valence-electron chi connectivity index (χ2n) is 12.7. The molecule has 0 spiro atoms. The number of fused-ring (bicyclic) bond motifs is 3. The lowest BCUT2D eigenvalue weighted by atomic mass is 9.95. The molecule has 2 N–H and O–H groups in total. The van der Waals surface area contributed by atoms with Gasteiger partial charge in [-0.15, -0.1) is 0 Å². The average Bonchev–Trinajstić information content (AvgIpc) is 3.33. The number of carbonyl (C=O) groups is 2. The molecule has 5 rings (SSSR count). The van der Waals surface area contributed by atoms with Gasteiger partial charge in [-0.25, -0.2) is 0 Å². The second-order valence-corrected chi connectivity index (χ2v) is 12.7. The van der Waals surface area contributed by atoms with Gasteiger partial charge in [0.15, 0.2) is 11.5 Å². The molecule has 1 aliphatic carbocycles. The minimum Gasteiger partial charge on any atom is -0.493 e. The maximum absolute atomic E-state index is 13.9. The van der Waals surface area contributed by atoms with Crippen LogP contribution < -0.4 is 30.3 Å². The number of rotatable bonds is 11. The number of hydrogen-bond donors (Lipinski definition) is 2. The van der Waals surface area contributed by atoms with E-state index in [0.29, 0.717) is 54.4 Å². The molecular formula is C37H47N5O6. The largest absolute Gasteiger partial charge is 0.493 e. The number of anilines is 1. The van der Waals surface area contributed by atoms with E-state index in [-0.39, 0.29) is 23.2 Å². The Morgan fingerprint density at radius 3 is 2.29 bits per heavy atom. The van der Waals surface area contributed by atoms with Gasteiger partial charge in [0.1, 0.15) is 6.04 Å². The summed E-state index contributed by atoms with van der Waals surface area (Å²) in [5.41, 5.74) is 4.42. The fraction of sp³-hybridized carbons (Fsp3) is 0.459. The summed E-state index contributed by atoms with van der Waals surface area (Å²) in [4.78, 5) is 48.5. The van der Waals surface area contributed by atoms with Crippen LogP contribution >= 0.6 is 0 Å². The molecule has 0 saturated carbocycles. The number of pyridine rings is 1. The third-order valence-corrected chi connectivity index (χ3v) is 9.31. The number of methoxy groups -OCH3 is 3. The van der Waals surface area contributed by atoms with Gasteiger partial charge in [-0.2, -0.15) is 0 Å². The molecule has 1 saturated heterocycles. The number of hydrogen-bond acceptors (Lipinski definition) is 9. The van der Waals surface area contributed by atoms with Crippen LogP contribution in [-0.2, 0) is 22.4 Å². The fourth-order valence-electron chi connectivity index (χ4n) is 6.73. The van der Waals surface area contributed by atoms with Crippen LogP contribution in [0.4, 0.5) is 5.69 Å². The monoisotopic (exact) mass is 657 g/mol. The third-order valence-electron chi connectivity index (χ3n) is 9.31. The molecule has 2 amide bonds. The summed E-state index contributed by atoms with van der Waals surface area (Å²) >= 11 is 0. The maximum Gasteiger partial charge on any atom is 0.245 e. The number of aromatic nitrogens is 1. The number of ether oxygens (including phenoxy) is 3. The highest BCUT2D eigenvalue weighted by Gasteiger charge is 2.32. The Labute approximate surface area is 282 Å². The van der Waals surface area contributed by atoms with Gasteiger partial charge in [0.2, 0.25) is 23.0 Å². The minimum absolute atomic E-state index is 0.0220. The Bertz CT molecular complexity index is 1670. The summed E-state index contributed by atoms with van der Waals surface area (Å²) in [7, 11) is 4.70. The van der Waals surface area contributed by atoms with E-state index in [1.807, 2.05) is 55.4 Å². The smallest absolute Gasteiger partial charge is 0.245 e. The highest BCUT2D eigenvalue weighted by molar-refractivity contribution is 5.86. The highest BCUT2D eigenvalue weighted by atomic mass is 16.5. The first kappa shape index (κ1) is 34.7. The molecule has 1 fully saturated rings. The van der Waals surface area contributed by atoms with E-state index in [2.05, 4.69) is 20.5 Å². The summed E-state index contributed by atoms with van der Waals surface area (Å²) in [6.45, 7) is 9.20. The molecular weight excluding hydrogens is 610 g/mol. The molecule has 2 heterocycles. The van der Waals surface area contributed by atoms with Crippen LogP contribution in [-0.4, -0.2) is 86.7 Å². The molecule has 2 aliphatic rings. The second kappa shape index (κ2) is 15.5. The first-order chi connectivity index (χ1) is 23.1. The highest BCUT2D eigenvalue weighted by Crippen LogP contribution is 2.50. The van der Waals surface area contributed by atoms with Crippen LogP contribution in [0.1, 0.15) is 49.9 Å². The van der Waals surface area contributed by atoms with Crippen molar-refractivity contribution in [2.45, 2.75) is 52.1 Å². The van der Waals surface area contributed by atoms with Gasteiger partial charge >= 0.3 is 0 Å². The summed E-state index contributed by atoms with van der Waals surface area (Å²) in [5, 5.41) is 6.36. The number of aryl methyl sites for hydroxylation is 1. The van der Waals surface area contributed by atoms with Crippen LogP contribution in [0.2, 0.25) is 0 Å². The van der Waals surface area contributed by atoms with Crippen LogP contribution in [0.25, 0.3) is 11.1 Å². The average molecular weight is 658 g/mol. The van der Waals surface area contributed by atoms with Gasteiger partial charge < -0.3 is 29.7 Å². The molecule has 11 nitrogen and oxygen atoms in total. The fourth-order valence-corrected chi connectivity index (χ4v) is 6.73. The van der Waals surface area contributed by atoms with Gasteiger partial charge in [-0.1, -0.05) is 19.9 Å². The van der Waals surface area contributed by atoms with Gasteiger partial charge in [0.25, 0.3) is 0 Å². The molecule has 2 aromatic carbocycles. The predicted molar refractivity (Wildman–Crippen MR) is 186 cm³/mol. The number of amides is 2. The topological polar surface area (TPSA) is 122 Å². The van der Waals surface area contributed by atoms with Crippen molar-refractivity contribution in [1.82, 2.24) is 20.1 Å². The first-order valence-electron chi connectivity index (χ1n) is 16.6. The van der Waals surface area contributed by atoms with Crippen molar-refractivity contribution in [3.63, 3.8) is 0 Å². The molecule has 1 aromatic heterocycles. The van der Waals surface area contributed by atoms with Crippen LogP contribution in [0.15, 0.2) is 53.6 Å². The summed E-state index contributed by atoms with van der Waals surface area (Å²) < 4.78 is 17.2. The van der Waals surface area contributed by atoms with E-state index in [4.69, 9.17) is 14.2 Å². The van der Waals surface area contributed by atoms with Gasteiger partial charge in [0.05, 0.1) is 33.1 Å². The summed E-state index contributed by atoms with van der Waals surface area (Å²) in [5.74, 6) is 1.17. The maximum atomic E-state index is 13.9. The Morgan fingerprint density at radius 1 is 0.958 bits per heavy atom. The summed E-state index contributed by atoms with van der Waals surface area (Å²) in [6, 6.07) is 10.2. The predicted octanol–water partition coefficient (Wildman–Crippen LogP) is 4.08. The van der Waals surface area contributed by atoms with Crippen LogP contribution in [0.5, 0.6) is 17.2 Å². The first-order valence-corrected chi connectivity index (χ1v) is 16.6. The lowest BCUT2D eigenvalue weighted by Crippen LogP contribution is -2.54. The van der Waals surface area contributed by atoms with E-state index in [0.717, 1.165) is 42.7 Å². The Hall–Kier alpha value is -4.64. The number of carbonyl (C=O) groups excluding carboxylic acids is 2. The minimum atomic E-state index is -0.597. The van der Waals surface area contributed by atoms with Gasteiger partial charge in [-0.05, 0) is 77.8 Å². The molecule has 1 aliphatic heterocycles. The van der Waals surface area contributed by atoms with E-state index in [1.54, 1.807) is 33.5 Å². The molecule has 2 atom stereocenters. The van der Waals surface area contributed by atoms with Crippen LogP contribution in [0.3, 0.4) is 0 Å². The molecule has 256 valence electrons. The van der Waals surface area contributed by atoms with Crippen molar-refractivity contribution in [2.75, 3.05) is 59.4 Å². The molecule has 0 bridgehead atoms. The Balaban J connectivity index is 1.44. The Morgan fingerprint density at radius 2 is 1.67 bits per heavy atom. The van der Waals surface area contributed by atoms with Gasteiger partial charge in [0, 0.05) is 57.6 Å².